The van der Waals surface area contributed by atoms with Gasteiger partial charge < -0.3 is 15.0 Å². The predicted octanol–water partition coefficient (Wildman–Crippen LogP) is 6.68. The molecular formula is C32H39BrN2O3. The van der Waals surface area contributed by atoms with E-state index in [0.717, 1.165) is 34.0 Å². The van der Waals surface area contributed by atoms with Gasteiger partial charge >= 0.3 is 0 Å². The van der Waals surface area contributed by atoms with Crippen LogP contribution in [0.5, 0.6) is 5.75 Å². The van der Waals surface area contributed by atoms with Crippen LogP contribution in [0.4, 0.5) is 0 Å². The van der Waals surface area contributed by atoms with Gasteiger partial charge in [-0.3, -0.25) is 9.59 Å². The van der Waals surface area contributed by atoms with Crippen molar-refractivity contribution in [3.05, 3.63) is 100 Å². The Kier molecular flexibility index (Phi) is 11.0. The molecule has 202 valence electrons. The maximum atomic E-state index is 13.8. The minimum absolute atomic E-state index is 0.134. The van der Waals surface area contributed by atoms with Gasteiger partial charge in [0.05, 0.1) is 0 Å². The topological polar surface area (TPSA) is 58.6 Å². The van der Waals surface area contributed by atoms with E-state index >= 15 is 0 Å². The van der Waals surface area contributed by atoms with Gasteiger partial charge in [0.2, 0.25) is 5.91 Å². The Morgan fingerprint density at radius 3 is 2.32 bits per heavy atom. The molecule has 0 aromatic heterocycles. The molecule has 38 heavy (non-hydrogen) atoms. The van der Waals surface area contributed by atoms with Crippen molar-refractivity contribution in [2.24, 2.45) is 0 Å². The van der Waals surface area contributed by atoms with Crippen molar-refractivity contribution in [2.45, 2.75) is 65.0 Å². The van der Waals surface area contributed by atoms with E-state index < -0.39 is 6.04 Å². The third-order valence-electron chi connectivity index (χ3n) is 6.39. The first-order valence-electron chi connectivity index (χ1n) is 13.3. The number of unbranched alkanes of at least 4 members (excludes halogenated alkanes) is 1. The molecule has 0 bridgehead atoms. The van der Waals surface area contributed by atoms with Gasteiger partial charge in [-0.1, -0.05) is 111 Å². The number of hydrogen-bond donors (Lipinski definition) is 1. The number of para-hydroxylation sites is 1. The van der Waals surface area contributed by atoms with Gasteiger partial charge in [0.25, 0.3) is 5.91 Å². The number of carbonyl (C=O) groups is 2. The summed E-state index contributed by atoms with van der Waals surface area (Å²) in [6, 6.07) is 24.8. The van der Waals surface area contributed by atoms with Crippen molar-refractivity contribution in [3.63, 3.8) is 0 Å². The van der Waals surface area contributed by atoms with Gasteiger partial charge in [0, 0.05) is 24.0 Å². The lowest BCUT2D eigenvalue weighted by atomic mass is 9.86. The van der Waals surface area contributed by atoms with Crippen LogP contribution in [0, 0.1) is 0 Å². The fourth-order valence-corrected chi connectivity index (χ4v) is 4.77. The summed E-state index contributed by atoms with van der Waals surface area (Å²) in [4.78, 5) is 29.0. The van der Waals surface area contributed by atoms with E-state index in [-0.39, 0.29) is 23.8 Å². The number of hydrogen-bond acceptors (Lipinski definition) is 3. The summed E-state index contributed by atoms with van der Waals surface area (Å²) in [7, 11) is 0. The zero-order chi connectivity index (χ0) is 27.5. The highest BCUT2D eigenvalue weighted by Gasteiger charge is 2.31. The number of rotatable bonds is 12. The first-order valence-corrected chi connectivity index (χ1v) is 14.1. The Balaban J connectivity index is 1.92. The third kappa shape index (κ3) is 8.73. The second kappa shape index (κ2) is 14.1. The van der Waals surface area contributed by atoms with Gasteiger partial charge in [-0.05, 0) is 46.7 Å². The summed E-state index contributed by atoms with van der Waals surface area (Å²) in [6.45, 7) is 9.15. The van der Waals surface area contributed by atoms with E-state index in [1.165, 1.54) is 0 Å². The molecular weight excluding hydrogens is 540 g/mol. The van der Waals surface area contributed by atoms with Gasteiger partial charge in [-0.25, -0.2) is 0 Å². The minimum Gasteiger partial charge on any atom is -0.483 e. The van der Waals surface area contributed by atoms with Crippen LogP contribution < -0.4 is 10.1 Å². The highest BCUT2D eigenvalue weighted by Crippen LogP contribution is 2.31. The summed E-state index contributed by atoms with van der Waals surface area (Å²) >= 11 is 3.53. The number of ether oxygens (including phenoxy) is 1. The molecule has 1 N–H and O–H groups in total. The average Bonchev–Trinajstić information content (AvgIpc) is 2.89. The molecule has 0 fully saturated rings. The van der Waals surface area contributed by atoms with E-state index in [0.29, 0.717) is 25.3 Å². The zero-order valence-electron chi connectivity index (χ0n) is 22.9. The molecule has 3 aromatic carbocycles. The second-order valence-electron chi connectivity index (χ2n) is 10.5. The molecule has 0 saturated carbocycles. The van der Waals surface area contributed by atoms with E-state index in [1.54, 1.807) is 4.90 Å². The second-order valence-corrected chi connectivity index (χ2v) is 11.5. The molecule has 0 spiro atoms. The molecule has 0 aliphatic carbocycles. The Labute approximate surface area is 235 Å². The van der Waals surface area contributed by atoms with Gasteiger partial charge in [0.1, 0.15) is 11.8 Å². The van der Waals surface area contributed by atoms with Crippen molar-refractivity contribution < 1.29 is 14.3 Å². The number of halogens is 1. The van der Waals surface area contributed by atoms with Crippen LogP contribution in [0.15, 0.2) is 83.3 Å². The van der Waals surface area contributed by atoms with E-state index in [4.69, 9.17) is 4.74 Å². The summed E-state index contributed by atoms with van der Waals surface area (Å²) in [5.41, 5.74) is 2.82. The van der Waals surface area contributed by atoms with Crippen LogP contribution in [0.25, 0.3) is 0 Å². The normalized spacial score (nSPS) is 12.0. The summed E-state index contributed by atoms with van der Waals surface area (Å²) in [6.07, 6.45) is 2.28. The monoisotopic (exact) mass is 578 g/mol. The quantitative estimate of drug-likeness (QED) is 0.244. The fraction of sp³-hybridized carbons (Fsp3) is 0.375. The SMILES string of the molecule is CCCCNC(=O)[C@H](Cc1ccccc1)N(Cc1cccc(Br)c1)C(=O)COc1ccccc1C(C)(C)C. The smallest absolute Gasteiger partial charge is 0.261 e. The zero-order valence-corrected chi connectivity index (χ0v) is 24.5. The molecule has 2 amide bonds. The third-order valence-corrected chi connectivity index (χ3v) is 6.88. The lowest BCUT2D eigenvalue weighted by molar-refractivity contribution is -0.142. The predicted molar refractivity (Wildman–Crippen MR) is 157 cm³/mol. The molecule has 5 nitrogen and oxygen atoms in total. The van der Waals surface area contributed by atoms with E-state index in [2.05, 4.69) is 48.9 Å². The van der Waals surface area contributed by atoms with Crippen molar-refractivity contribution in [1.82, 2.24) is 10.2 Å². The minimum atomic E-state index is -0.679. The Bertz CT molecular complexity index is 1190. The maximum absolute atomic E-state index is 13.8. The van der Waals surface area contributed by atoms with Crippen LogP contribution >= 0.6 is 15.9 Å². The Morgan fingerprint density at radius 1 is 0.947 bits per heavy atom. The maximum Gasteiger partial charge on any atom is 0.261 e. The molecule has 1 atom stereocenters. The highest BCUT2D eigenvalue weighted by molar-refractivity contribution is 9.10. The standard InChI is InChI=1S/C32H39BrN2O3/c1-5-6-19-34-31(37)28(21-24-13-8-7-9-14-24)35(22-25-15-12-16-26(33)20-25)30(36)23-38-29-18-11-10-17-27(29)32(2,3)4/h7-18,20,28H,5-6,19,21-23H2,1-4H3,(H,34,37)/t28-/m0/s1. The molecule has 0 aliphatic rings. The van der Waals surface area contributed by atoms with Crippen LogP contribution in [-0.2, 0) is 28.0 Å². The molecule has 0 aliphatic heterocycles. The van der Waals surface area contributed by atoms with Crippen molar-refractivity contribution in [3.8, 4) is 5.75 Å². The lowest BCUT2D eigenvalue weighted by Gasteiger charge is -2.32. The molecule has 0 heterocycles. The van der Waals surface area contributed by atoms with Crippen LogP contribution in [0.2, 0.25) is 0 Å². The Hall–Kier alpha value is -3.12. The average molecular weight is 580 g/mol. The lowest BCUT2D eigenvalue weighted by Crippen LogP contribution is -2.51. The van der Waals surface area contributed by atoms with Gasteiger partial charge in [0.15, 0.2) is 6.61 Å². The largest absolute Gasteiger partial charge is 0.483 e. The number of nitrogens with zero attached hydrogens (tertiary/aromatic N) is 1. The molecule has 0 radical (unpaired) electrons. The van der Waals surface area contributed by atoms with Crippen LogP contribution in [-0.4, -0.2) is 35.9 Å². The Morgan fingerprint density at radius 2 is 1.63 bits per heavy atom. The van der Waals surface area contributed by atoms with E-state index in [1.807, 2.05) is 78.9 Å². The summed E-state index contributed by atoms with van der Waals surface area (Å²) in [5.74, 6) is 0.295. The molecule has 6 heteroatoms. The number of benzene rings is 3. The highest BCUT2D eigenvalue weighted by atomic mass is 79.9. The summed E-state index contributed by atoms with van der Waals surface area (Å²) < 4.78 is 7.04. The van der Waals surface area contributed by atoms with Gasteiger partial charge in [-0.2, -0.15) is 0 Å². The number of nitrogens with one attached hydrogen (secondary N) is 1. The fourth-order valence-electron chi connectivity index (χ4n) is 4.33. The first-order chi connectivity index (χ1) is 18.2. The van der Waals surface area contributed by atoms with E-state index in [9.17, 15) is 9.59 Å². The summed E-state index contributed by atoms with van der Waals surface area (Å²) in [5, 5.41) is 3.06. The number of amides is 2. The van der Waals surface area contributed by atoms with Crippen LogP contribution in [0.1, 0.15) is 57.2 Å². The van der Waals surface area contributed by atoms with Gasteiger partial charge in [-0.15, -0.1) is 0 Å². The molecule has 3 rings (SSSR count). The first kappa shape index (κ1) is 29.4. The number of carbonyl (C=O) groups excluding carboxylic acids is 2. The van der Waals surface area contributed by atoms with Crippen molar-refractivity contribution >= 4 is 27.7 Å². The van der Waals surface area contributed by atoms with Crippen LogP contribution in [0.3, 0.4) is 0 Å². The molecule has 0 unspecified atom stereocenters. The molecule has 0 saturated heterocycles. The molecule has 3 aromatic rings. The van der Waals surface area contributed by atoms with Crippen molar-refractivity contribution in [1.29, 1.82) is 0 Å². The van der Waals surface area contributed by atoms with Crippen molar-refractivity contribution in [2.75, 3.05) is 13.2 Å².